The number of aromatic nitrogens is 2. The van der Waals surface area contributed by atoms with Gasteiger partial charge < -0.3 is 10.5 Å². The zero-order chi connectivity index (χ0) is 12.1. The van der Waals surface area contributed by atoms with Crippen LogP contribution in [0.3, 0.4) is 0 Å². The topological polar surface area (TPSA) is 61.0 Å². The zero-order valence-electron chi connectivity index (χ0n) is 9.72. The Labute approximate surface area is 104 Å². The Morgan fingerprint density at radius 2 is 2.29 bits per heavy atom. The predicted molar refractivity (Wildman–Crippen MR) is 68.2 cm³/mol. The number of ether oxygens (including phenoxy) is 1. The Kier molecular flexibility index (Phi) is 4.06. The molecule has 0 saturated heterocycles. The molecule has 2 rings (SSSR count). The van der Waals surface area contributed by atoms with Crippen LogP contribution < -0.4 is 10.5 Å². The third kappa shape index (κ3) is 3.51. The average molecular weight is 249 g/mol. The number of nitrogens with zero attached hydrogens (tertiary/aromatic N) is 2. The van der Waals surface area contributed by atoms with E-state index in [4.69, 9.17) is 10.5 Å². The van der Waals surface area contributed by atoms with Crippen LogP contribution in [0.25, 0.3) is 0 Å². The fourth-order valence-corrected chi connectivity index (χ4v) is 2.09. The summed E-state index contributed by atoms with van der Waals surface area (Å²) in [6, 6.07) is 3.85. The molecule has 2 aromatic rings. The van der Waals surface area contributed by atoms with Gasteiger partial charge in [0.1, 0.15) is 17.4 Å². The Balaban J connectivity index is 1.90. The van der Waals surface area contributed by atoms with Gasteiger partial charge in [-0.1, -0.05) is 0 Å². The minimum Gasteiger partial charge on any atom is -0.485 e. The summed E-state index contributed by atoms with van der Waals surface area (Å²) in [5.41, 5.74) is 7.48. The van der Waals surface area contributed by atoms with E-state index in [1.807, 2.05) is 24.4 Å². The predicted octanol–water partition coefficient (Wildman–Crippen LogP) is 1.93. The minimum atomic E-state index is 0.496. The molecule has 2 aromatic heterocycles. The number of rotatable bonds is 5. The second-order valence-corrected chi connectivity index (χ2v) is 4.64. The molecule has 0 radical (unpaired) electrons. The van der Waals surface area contributed by atoms with Crippen LogP contribution in [-0.4, -0.2) is 16.5 Å². The maximum Gasteiger partial charge on any atom is 0.140 e. The van der Waals surface area contributed by atoms with Gasteiger partial charge >= 0.3 is 0 Å². The Morgan fingerprint density at radius 3 is 2.88 bits per heavy atom. The highest BCUT2D eigenvalue weighted by Gasteiger charge is 2.01. The summed E-state index contributed by atoms with van der Waals surface area (Å²) in [4.78, 5) is 8.59. The van der Waals surface area contributed by atoms with E-state index in [-0.39, 0.29) is 0 Å². The van der Waals surface area contributed by atoms with E-state index in [1.165, 1.54) is 0 Å². The molecule has 2 N–H and O–H groups in total. The van der Waals surface area contributed by atoms with E-state index in [9.17, 15) is 0 Å². The molecular formula is C12H15N3OS. The summed E-state index contributed by atoms with van der Waals surface area (Å²) in [7, 11) is 0. The molecule has 17 heavy (non-hydrogen) atoms. The fraction of sp³-hybridized carbons (Fsp3) is 0.333. The molecule has 0 unspecified atom stereocenters. The Morgan fingerprint density at radius 1 is 1.41 bits per heavy atom. The molecule has 0 aliphatic heterocycles. The molecule has 0 aliphatic rings. The van der Waals surface area contributed by atoms with Crippen LogP contribution in [0.4, 0.5) is 0 Å². The van der Waals surface area contributed by atoms with Gasteiger partial charge in [0.05, 0.1) is 6.20 Å². The van der Waals surface area contributed by atoms with Crippen molar-refractivity contribution in [1.82, 2.24) is 9.97 Å². The number of aryl methyl sites for hydroxylation is 1. The van der Waals surface area contributed by atoms with Crippen LogP contribution >= 0.6 is 11.3 Å². The van der Waals surface area contributed by atoms with Gasteiger partial charge in [0, 0.05) is 23.2 Å². The summed E-state index contributed by atoms with van der Waals surface area (Å²) in [6.45, 7) is 3.09. The highest BCUT2D eigenvalue weighted by Crippen LogP contribution is 2.14. The van der Waals surface area contributed by atoms with Crippen LogP contribution in [0.1, 0.15) is 16.4 Å². The number of hydrogen-bond acceptors (Lipinski definition) is 5. The molecule has 5 heteroatoms. The smallest absolute Gasteiger partial charge is 0.140 e. The molecular weight excluding hydrogens is 234 g/mol. The molecule has 0 spiro atoms. The van der Waals surface area contributed by atoms with Gasteiger partial charge in [-0.05, 0) is 25.6 Å². The standard InChI is InChI=1S/C12H15N3OS/c1-9-8-17-12(15-9)7-16-11-3-2-10(4-5-13)14-6-11/h2-3,6,8H,4-5,7,13H2,1H3. The van der Waals surface area contributed by atoms with Crippen molar-refractivity contribution in [3.63, 3.8) is 0 Å². The van der Waals surface area contributed by atoms with Crippen molar-refractivity contribution in [2.75, 3.05) is 6.54 Å². The van der Waals surface area contributed by atoms with Crippen molar-refractivity contribution in [1.29, 1.82) is 0 Å². The molecule has 0 saturated carbocycles. The fourth-order valence-electron chi connectivity index (χ4n) is 1.41. The second kappa shape index (κ2) is 5.75. The SMILES string of the molecule is Cc1csc(COc2ccc(CCN)nc2)n1. The van der Waals surface area contributed by atoms with E-state index < -0.39 is 0 Å². The van der Waals surface area contributed by atoms with Crippen molar-refractivity contribution in [3.8, 4) is 5.75 Å². The van der Waals surface area contributed by atoms with Crippen molar-refractivity contribution in [2.45, 2.75) is 20.0 Å². The quantitative estimate of drug-likeness (QED) is 0.879. The molecule has 0 fully saturated rings. The van der Waals surface area contributed by atoms with Gasteiger partial charge in [-0.2, -0.15) is 0 Å². The average Bonchev–Trinajstić information content (AvgIpc) is 2.75. The van der Waals surface area contributed by atoms with Crippen LogP contribution in [0.5, 0.6) is 5.75 Å². The summed E-state index contributed by atoms with van der Waals surface area (Å²) >= 11 is 1.61. The van der Waals surface area contributed by atoms with Crippen molar-refractivity contribution in [2.24, 2.45) is 5.73 Å². The number of hydrogen-bond donors (Lipinski definition) is 1. The van der Waals surface area contributed by atoms with Crippen molar-refractivity contribution < 1.29 is 4.74 Å². The normalized spacial score (nSPS) is 10.5. The maximum atomic E-state index is 5.59. The van der Waals surface area contributed by atoms with Crippen molar-refractivity contribution in [3.05, 3.63) is 40.1 Å². The lowest BCUT2D eigenvalue weighted by atomic mass is 10.3. The van der Waals surface area contributed by atoms with Crippen LogP contribution in [-0.2, 0) is 13.0 Å². The molecule has 0 amide bonds. The number of thiazole rings is 1. The molecule has 4 nitrogen and oxygen atoms in total. The Bertz CT molecular complexity index is 467. The van der Waals surface area contributed by atoms with Gasteiger partial charge in [-0.15, -0.1) is 11.3 Å². The minimum absolute atomic E-state index is 0.496. The summed E-state index contributed by atoms with van der Waals surface area (Å²) in [5, 5.41) is 3.00. The van der Waals surface area contributed by atoms with Gasteiger partial charge in [-0.25, -0.2) is 4.98 Å². The summed E-state index contributed by atoms with van der Waals surface area (Å²) in [5.74, 6) is 0.763. The van der Waals surface area contributed by atoms with E-state index >= 15 is 0 Å². The summed E-state index contributed by atoms with van der Waals surface area (Å²) in [6.07, 6.45) is 2.53. The number of pyridine rings is 1. The molecule has 0 bridgehead atoms. The molecule has 0 atom stereocenters. The largest absolute Gasteiger partial charge is 0.485 e. The van der Waals surface area contributed by atoms with Crippen LogP contribution in [0.15, 0.2) is 23.7 Å². The van der Waals surface area contributed by atoms with Gasteiger partial charge in [0.15, 0.2) is 0 Å². The number of nitrogens with two attached hydrogens (primary N) is 1. The van der Waals surface area contributed by atoms with E-state index in [2.05, 4.69) is 9.97 Å². The summed E-state index contributed by atoms with van der Waals surface area (Å²) < 4.78 is 5.59. The lowest BCUT2D eigenvalue weighted by Gasteiger charge is -2.04. The van der Waals surface area contributed by atoms with Gasteiger partial charge in [0.2, 0.25) is 0 Å². The van der Waals surface area contributed by atoms with Crippen LogP contribution in [0, 0.1) is 6.92 Å². The molecule has 90 valence electrons. The third-order valence-electron chi connectivity index (χ3n) is 2.23. The molecule has 0 aromatic carbocycles. The second-order valence-electron chi connectivity index (χ2n) is 3.70. The first kappa shape index (κ1) is 12.0. The van der Waals surface area contributed by atoms with E-state index in [0.29, 0.717) is 13.2 Å². The van der Waals surface area contributed by atoms with E-state index in [0.717, 1.165) is 28.6 Å². The highest BCUT2D eigenvalue weighted by atomic mass is 32.1. The lowest BCUT2D eigenvalue weighted by Crippen LogP contribution is -2.04. The first-order valence-corrected chi connectivity index (χ1v) is 6.34. The lowest BCUT2D eigenvalue weighted by molar-refractivity contribution is 0.304. The van der Waals surface area contributed by atoms with E-state index in [1.54, 1.807) is 17.5 Å². The first-order valence-electron chi connectivity index (χ1n) is 5.47. The zero-order valence-corrected chi connectivity index (χ0v) is 10.5. The van der Waals surface area contributed by atoms with Gasteiger partial charge in [0.25, 0.3) is 0 Å². The van der Waals surface area contributed by atoms with Crippen LogP contribution in [0.2, 0.25) is 0 Å². The monoisotopic (exact) mass is 249 g/mol. The maximum absolute atomic E-state index is 5.59. The third-order valence-corrected chi connectivity index (χ3v) is 3.17. The highest BCUT2D eigenvalue weighted by molar-refractivity contribution is 7.09. The van der Waals surface area contributed by atoms with Crippen molar-refractivity contribution >= 4 is 11.3 Å². The Hall–Kier alpha value is -1.46. The van der Waals surface area contributed by atoms with Gasteiger partial charge in [-0.3, -0.25) is 4.98 Å². The molecule has 2 heterocycles. The first-order chi connectivity index (χ1) is 8.28. The molecule has 0 aliphatic carbocycles.